The van der Waals surface area contributed by atoms with Gasteiger partial charge in [-0.15, -0.1) is 0 Å². The summed E-state index contributed by atoms with van der Waals surface area (Å²) in [5.41, 5.74) is 1.42. The van der Waals surface area contributed by atoms with Crippen LogP contribution in [0.2, 0.25) is 5.28 Å². The summed E-state index contributed by atoms with van der Waals surface area (Å²) in [5, 5.41) is 0.211. The van der Waals surface area contributed by atoms with Gasteiger partial charge in [-0.1, -0.05) is 0 Å². The molecule has 9 heteroatoms. The summed E-state index contributed by atoms with van der Waals surface area (Å²) in [7, 11) is 0. The molecule has 0 spiro atoms. The molecule has 4 rings (SSSR count). The van der Waals surface area contributed by atoms with Crippen LogP contribution in [0.4, 0.5) is 11.6 Å². The smallest absolute Gasteiger partial charge is 0.225 e. The summed E-state index contributed by atoms with van der Waals surface area (Å²) in [6.45, 7) is 5.79. The van der Waals surface area contributed by atoms with E-state index >= 15 is 0 Å². The molecule has 2 aromatic heterocycles. The van der Waals surface area contributed by atoms with Gasteiger partial charge in [0, 0.05) is 26.2 Å². The second-order valence-corrected chi connectivity index (χ2v) is 5.75. The van der Waals surface area contributed by atoms with Gasteiger partial charge in [0.25, 0.3) is 0 Å². The lowest BCUT2D eigenvalue weighted by Crippen LogP contribution is -2.38. The molecule has 2 aliphatic heterocycles. The fourth-order valence-electron chi connectivity index (χ4n) is 2.90. The number of anilines is 2. The number of morpholine rings is 2. The van der Waals surface area contributed by atoms with E-state index in [0.29, 0.717) is 31.9 Å². The van der Waals surface area contributed by atoms with E-state index in [-0.39, 0.29) is 5.28 Å². The summed E-state index contributed by atoms with van der Waals surface area (Å²) in [4.78, 5) is 21.9. The van der Waals surface area contributed by atoms with Crippen molar-refractivity contribution in [3.05, 3.63) is 11.6 Å². The van der Waals surface area contributed by atoms with Gasteiger partial charge in [0.15, 0.2) is 11.6 Å². The van der Waals surface area contributed by atoms with E-state index in [4.69, 9.17) is 21.1 Å². The highest BCUT2D eigenvalue weighted by molar-refractivity contribution is 6.29. The third-order valence-corrected chi connectivity index (χ3v) is 4.21. The van der Waals surface area contributed by atoms with Gasteiger partial charge in [-0.25, -0.2) is 15.0 Å². The molecule has 4 heterocycles. The zero-order valence-electron chi connectivity index (χ0n) is 12.6. The molecule has 0 N–H and O–H groups in total. The summed E-state index contributed by atoms with van der Waals surface area (Å²) in [6.07, 6.45) is 1.56. The molecular formula is C14H17ClN6O2. The zero-order valence-corrected chi connectivity index (χ0v) is 13.4. The van der Waals surface area contributed by atoms with Crippen LogP contribution < -0.4 is 9.80 Å². The monoisotopic (exact) mass is 336 g/mol. The molecule has 2 saturated heterocycles. The molecule has 0 bridgehead atoms. The number of hydrogen-bond acceptors (Lipinski definition) is 8. The average molecular weight is 337 g/mol. The van der Waals surface area contributed by atoms with Crippen LogP contribution in [0.1, 0.15) is 0 Å². The Balaban J connectivity index is 1.81. The normalized spacial score (nSPS) is 19.3. The van der Waals surface area contributed by atoms with E-state index in [1.807, 2.05) is 0 Å². The third kappa shape index (κ3) is 2.89. The molecular weight excluding hydrogens is 320 g/mol. The largest absolute Gasteiger partial charge is 0.378 e. The molecule has 2 fully saturated rings. The molecule has 8 nitrogen and oxygen atoms in total. The Labute approximate surface area is 138 Å². The third-order valence-electron chi connectivity index (χ3n) is 4.04. The molecule has 0 amide bonds. The number of halogens is 1. The Hall–Kier alpha value is -1.77. The highest BCUT2D eigenvalue weighted by atomic mass is 35.5. The highest BCUT2D eigenvalue weighted by Gasteiger charge is 2.22. The van der Waals surface area contributed by atoms with Gasteiger partial charge in [-0.2, -0.15) is 4.98 Å². The number of aromatic nitrogens is 4. The minimum Gasteiger partial charge on any atom is -0.378 e. The van der Waals surface area contributed by atoms with Gasteiger partial charge >= 0.3 is 0 Å². The second kappa shape index (κ2) is 6.38. The lowest BCUT2D eigenvalue weighted by atomic mass is 10.3. The van der Waals surface area contributed by atoms with E-state index in [0.717, 1.165) is 43.3 Å². The molecule has 0 radical (unpaired) electrons. The van der Waals surface area contributed by atoms with E-state index in [2.05, 4.69) is 29.7 Å². The van der Waals surface area contributed by atoms with Crippen molar-refractivity contribution < 1.29 is 9.47 Å². The molecule has 0 aromatic carbocycles. The zero-order chi connectivity index (χ0) is 15.6. The first-order valence-electron chi connectivity index (χ1n) is 7.66. The van der Waals surface area contributed by atoms with E-state index in [9.17, 15) is 0 Å². The topological polar surface area (TPSA) is 76.5 Å². The first-order valence-corrected chi connectivity index (χ1v) is 8.04. The van der Waals surface area contributed by atoms with Crippen LogP contribution in [-0.2, 0) is 9.47 Å². The number of nitrogens with zero attached hydrogens (tertiary/aromatic N) is 6. The minimum atomic E-state index is 0.211. The quantitative estimate of drug-likeness (QED) is 0.743. The van der Waals surface area contributed by atoms with Crippen LogP contribution in [0.3, 0.4) is 0 Å². The molecule has 0 unspecified atom stereocenters. The van der Waals surface area contributed by atoms with Crippen LogP contribution in [0.15, 0.2) is 6.33 Å². The van der Waals surface area contributed by atoms with Crippen molar-refractivity contribution in [3.8, 4) is 0 Å². The Bertz CT molecular complexity index is 703. The number of fused-ring (bicyclic) bond motifs is 1. The van der Waals surface area contributed by atoms with Crippen LogP contribution >= 0.6 is 11.6 Å². The molecule has 0 atom stereocenters. The van der Waals surface area contributed by atoms with Gasteiger partial charge in [-0.05, 0) is 11.6 Å². The Kier molecular flexibility index (Phi) is 4.11. The van der Waals surface area contributed by atoms with Crippen molar-refractivity contribution in [2.45, 2.75) is 0 Å². The maximum Gasteiger partial charge on any atom is 0.225 e. The predicted octanol–water partition coefficient (Wildman–Crippen LogP) is 0.746. The number of rotatable bonds is 2. The lowest BCUT2D eigenvalue weighted by Gasteiger charge is -2.30. The van der Waals surface area contributed by atoms with E-state index in [1.54, 1.807) is 6.33 Å². The Morgan fingerprint density at radius 2 is 1.39 bits per heavy atom. The van der Waals surface area contributed by atoms with Crippen LogP contribution in [0.5, 0.6) is 0 Å². The second-order valence-electron chi connectivity index (χ2n) is 5.41. The fraction of sp³-hybridized carbons (Fsp3) is 0.571. The van der Waals surface area contributed by atoms with Gasteiger partial charge in [0.05, 0.1) is 26.4 Å². The Morgan fingerprint density at radius 3 is 2.04 bits per heavy atom. The first-order chi connectivity index (χ1) is 11.3. The van der Waals surface area contributed by atoms with Crippen LogP contribution in [-0.4, -0.2) is 72.5 Å². The van der Waals surface area contributed by atoms with Gasteiger partial charge in [0.2, 0.25) is 5.28 Å². The van der Waals surface area contributed by atoms with Crippen molar-refractivity contribution in [2.24, 2.45) is 0 Å². The van der Waals surface area contributed by atoms with E-state index < -0.39 is 0 Å². The predicted molar refractivity (Wildman–Crippen MR) is 86.2 cm³/mol. The standard InChI is InChI=1S/C14H17ClN6O2/c15-14-18-11-10(13(19-14)21-3-7-23-8-4-21)16-9-17-12(11)20-1-5-22-6-2-20/h9H,1-8H2. The van der Waals surface area contributed by atoms with Crippen molar-refractivity contribution in [1.29, 1.82) is 0 Å². The maximum atomic E-state index is 6.18. The minimum absolute atomic E-state index is 0.211. The summed E-state index contributed by atoms with van der Waals surface area (Å²) >= 11 is 6.18. The SMILES string of the molecule is Clc1nc(N2CCOCC2)c2ncnc(N3CCOCC3)c2n1. The number of hydrogen-bond donors (Lipinski definition) is 0. The van der Waals surface area contributed by atoms with E-state index in [1.165, 1.54) is 0 Å². The van der Waals surface area contributed by atoms with Crippen molar-refractivity contribution in [3.63, 3.8) is 0 Å². The summed E-state index contributed by atoms with van der Waals surface area (Å²) in [6, 6.07) is 0. The fourth-order valence-corrected chi connectivity index (χ4v) is 3.06. The average Bonchev–Trinajstić information content (AvgIpc) is 2.62. The molecule has 0 aliphatic carbocycles. The number of ether oxygens (including phenoxy) is 2. The van der Waals surface area contributed by atoms with Gasteiger partial charge in [0.1, 0.15) is 17.4 Å². The van der Waals surface area contributed by atoms with Crippen LogP contribution in [0, 0.1) is 0 Å². The maximum absolute atomic E-state index is 6.18. The molecule has 2 aliphatic rings. The molecule has 0 saturated carbocycles. The van der Waals surface area contributed by atoms with Crippen molar-refractivity contribution in [2.75, 3.05) is 62.4 Å². The van der Waals surface area contributed by atoms with Gasteiger partial charge < -0.3 is 19.3 Å². The van der Waals surface area contributed by atoms with Gasteiger partial charge in [-0.3, -0.25) is 0 Å². The first kappa shape index (κ1) is 14.8. The molecule has 122 valence electrons. The molecule has 23 heavy (non-hydrogen) atoms. The van der Waals surface area contributed by atoms with Crippen molar-refractivity contribution >= 4 is 34.3 Å². The highest BCUT2D eigenvalue weighted by Crippen LogP contribution is 2.29. The lowest BCUT2D eigenvalue weighted by molar-refractivity contribution is 0.122. The van der Waals surface area contributed by atoms with Crippen molar-refractivity contribution in [1.82, 2.24) is 19.9 Å². The Morgan fingerprint density at radius 1 is 0.783 bits per heavy atom. The summed E-state index contributed by atoms with van der Waals surface area (Å²) in [5.74, 6) is 1.54. The summed E-state index contributed by atoms with van der Waals surface area (Å²) < 4.78 is 10.8. The van der Waals surface area contributed by atoms with Crippen LogP contribution in [0.25, 0.3) is 11.0 Å². The molecule has 2 aromatic rings.